The van der Waals surface area contributed by atoms with Gasteiger partial charge in [-0.05, 0) is 47.4 Å². The Morgan fingerprint density at radius 2 is 1.60 bits per heavy atom. The first-order chi connectivity index (χ1) is 12.3. The molecular formula is C22H26N2O. The first kappa shape index (κ1) is 17.4. The summed E-state index contributed by atoms with van der Waals surface area (Å²) in [5.41, 5.74) is 2.24. The average molecular weight is 334 g/mol. The Bertz CT molecular complexity index is 812. The third-order valence-corrected chi connectivity index (χ3v) is 4.33. The van der Waals surface area contributed by atoms with E-state index in [1.54, 1.807) is 0 Å². The number of aryl methyl sites for hydroxylation is 1. The first-order valence-corrected chi connectivity index (χ1v) is 9.28. The zero-order valence-corrected chi connectivity index (χ0v) is 15.2. The largest absolute Gasteiger partial charge is 0.494 e. The molecule has 2 aromatic carbocycles. The Balaban J connectivity index is 1.76. The van der Waals surface area contributed by atoms with Crippen LogP contribution in [0.5, 0.6) is 5.75 Å². The topological polar surface area (TPSA) is 35.0 Å². The number of unbranched alkanes of at least 4 members (excludes halogenated alkanes) is 2. The van der Waals surface area contributed by atoms with Gasteiger partial charge in [-0.15, -0.1) is 0 Å². The molecule has 1 aromatic heterocycles. The maximum Gasteiger partial charge on any atom is 0.159 e. The van der Waals surface area contributed by atoms with E-state index < -0.39 is 0 Å². The van der Waals surface area contributed by atoms with Crippen LogP contribution in [-0.2, 0) is 6.42 Å². The third kappa shape index (κ3) is 4.56. The van der Waals surface area contributed by atoms with Crippen LogP contribution in [0.25, 0.3) is 22.2 Å². The highest BCUT2D eigenvalue weighted by Gasteiger charge is 2.04. The van der Waals surface area contributed by atoms with Crippen LogP contribution >= 0.6 is 0 Å². The predicted octanol–water partition coefficient (Wildman–Crippen LogP) is 5.82. The fourth-order valence-electron chi connectivity index (χ4n) is 2.92. The number of hydrogen-bond donors (Lipinski definition) is 0. The SMILES string of the molecule is CCCCCOc1ccc2cc(-c3ncc(CCC)cn3)ccc2c1. The van der Waals surface area contributed by atoms with Crippen LogP contribution in [0.1, 0.15) is 45.1 Å². The van der Waals surface area contributed by atoms with E-state index in [1.807, 2.05) is 18.5 Å². The van der Waals surface area contributed by atoms with Gasteiger partial charge in [-0.2, -0.15) is 0 Å². The summed E-state index contributed by atoms with van der Waals surface area (Å²) in [6.45, 7) is 5.16. The van der Waals surface area contributed by atoms with Gasteiger partial charge >= 0.3 is 0 Å². The molecule has 3 nitrogen and oxygen atoms in total. The van der Waals surface area contributed by atoms with Gasteiger partial charge in [-0.1, -0.05) is 51.3 Å². The lowest BCUT2D eigenvalue weighted by molar-refractivity contribution is 0.306. The lowest BCUT2D eigenvalue weighted by atomic mass is 10.1. The van der Waals surface area contributed by atoms with Crippen molar-refractivity contribution in [3.63, 3.8) is 0 Å². The van der Waals surface area contributed by atoms with Crippen LogP contribution in [0.4, 0.5) is 0 Å². The summed E-state index contributed by atoms with van der Waals surface area (Å²) in [6.07, 6.45) is 9.55. The number of benzene rings is 2. The number of aromatic nitrogens is 2. The maximum atomic E-state index is 5.84. The summed E-state index contributed by atoms with van der Waals surface area (Å²) in [4.78, 5) is 9.03. The van der Waals surface area contributed by atoms with Gasteiger partial charge in [0.05, 0.1) is 6.61 Å². The molecule has 0 unspecified atom stereocenters. The van der Waals surface area contributed by atoms with Crippen molar-refractivity contribution in [1.82, 2.24) is 9.97 Å². The Morgan fingerprint density at radius 1 is 0.840 bits per heavy atom. The van der Waals surface area contributed by atoms with Gasteiger partial charge < -0.3 is 4.74 Å². The van der Waals surface area contributed by atoms with Crippen molar-refractivity contribution < 1.29 is 4.74 Å². The highest BCUT2D eigenvalue weighted by atomic mass is 16.5. The van der Waals surface area contributed by atoms with Crippen LogP contribution in [0.2, 0.25) is 0 Å². The monoisotopic (exact) mass is 334 g/mol. The zero-order valence-electron chi connectivity index (χ0n) is 15.2. The molecule has 0 saturated carbocycles. The Labute approximate surface area is 150 Å². The normalized spacial score (nSPS) is 11.0. The Morgan fingerprint density at radius 3 is 2.36 bits per heavy atom. The van der Waals surface area contributed by atoms with Gasteiger partial charge in [-0.25, -0.2) is 9.97 Å². The predicted molar refractivity (Wildman–Crippen MR) is 104 cm³/mol. The minimum Gasteiger partial charge on any atom is -0.494 e. The van der Waals surface area contributed by atoms with E-state index in [1.165, 1.54) is 29.2 Å². The molecule has 0 fully saturated rings. The molecule has 0 spiro atoms. The molecule has 0 aliphatic rings. The molecule has 0 N–H and O–H groups in total. The number of ether oxygens (including phenoxy) is 1. The van der Waals surface area contributed by atoms with Gasteiger partial charge in [-0.3, -0.25) is 0 Å². The average Bonchev–Trinajstić information content (AvgIpc) is 2.66. The van der Waals surface area contributed by atoms with Crippen LogP contribution in [-0.4, -0.2) is 16.6 Å². The smallest absolute Gasteiger partial charge is 0.159 e. The van der Waals surface area contributed by atoms with Gasteiger partial charge in [0.15, 0.2) is 5.82 Å². The molecular weight excluding hydrogens is 308 g/mol. The molecule has 1 heterocycles. The Kier molecular flexibility index (Phi) is 5.99. The van der Waals surface area contributed by atoms with Crippen molar-refractivity contribution in [3.05, 3.63) is 54.4 Å². The van der Waals surface area contributed by atoms with Crippen LogP contribution in [0.3, 0.4) is 0 Å². The zero-order chi connectivity index (χ0) is 17.5. The van der Waals surface area contributed by atoms with E-state index in [9.17, 15) is 0 Å². The molecule has 0 saturated heterocycles. The second-order valence-corrected chi connectivity index (χ2v) is 6.44. The summed E-state index contributed by atoms with van der Waals surface area (Å²) in [7, 11) is 0. The number of rotatable bonds is 8. The minimum atomic E-state index is 0.779. The molecule has 3 heteroatoms. The van der Waals surface area contributed by atoms with Gasteiger partial charge in [0.2, 0.25) is 0 Å². The lowest BCUT2D eigenvalue weighted by Gasteiger charge is -2.08. The number of nitrogens with zero attached hydrogens (tertiary/aromatic N) is 2. The summed E-state index contributed by atoms with van der Waals surface area (Å²) in [5, 5.41) is 2.36. The highest BCUT2D eigenvalue weighted by molar-refractivity contribution is 5.87. The number of hydrogen-bond acceptors (Lipinski definition) is 3. The van der Waals surface area contributed by atoms with Crippen molar-refractivity contribution in [2.75, 3.05) is 6.61 Å². The van der Waals surface area contributed by atoms with E-state index >= 15 is 0 Å². The van der Waals surface area contributed by atoms with Gasteiger partial charge in [0.1, 0.15) is 5.75 Å². The minimum absolute atomic E-state index is 0.779. The summed E-state index contributed by atoms with van der Waals surface area (Å²) < 4.78 is 5.84. The van der Waals surface area contributed by atoms with Crippen molar-refractivity contribution in [1.29, 1.82) is 0 Å². The molecule has 130 valence electrons. The van der Waals surface area contributed by atoms with Crippen molar-refractivity contribution in [2.45, 2.75) is 46.0 Å². The lowest BCUT2D eigenvalue weighted by Crippen LogP contribution is -1.96. The first-order valence-electron chi connectivity index (χ1n) is 9.28. The second kappa shape index (κ2) is 8.61. The summed E-state index contributed by atoms with van der Waals surface area (Å²) in [5.74, 6) is 1.72. The summed E-state index contributed by atoms with van der Waals surface area (Å²) in [6, 6.07) is 12.6. The van der Waals surface area contributed by atoms with E-state index in [0.29, 0.717) is 0 Å². The van der Waals surface area contributed by atoms with Crippen LogP contribution in [0.15, 0.2) is 48.8 Å². The van der Waals surface area contributed by atoms with E-state index in [0.717, 1.165) is 43.0 Å². The molecule has 0 aliphatic carbocycles. The standard InChI is InChI=1S/C22H26N2O/c1-3-5-6-12-25-21-11-10-18-13-20(9-8-19(18)14-21)22-23-15-17(7-4-2)16-24-22/h8-11,13-16H,3-7,12H2,1-2H3. The molecule has 0 atom stereocenters. The van der Waals surface area contributed by atoms with Crippen molar-refractivity contribution >= 4 is 10.8 Å². The van der Waals surface area contributed by atoms with Gasteiger partial charge in [0.25, 0.3) is 0 Å². The number of fused-ring (bicyclic) bond motifs is 1. The molecule has 0 aliphatic heterocycles. The molecule has 0 radical (unpaired) electrons. The fourth-order valence-corrected chi connectivity index (χ4v) is 2.92. The van der Waals surface area contributed by atoms with Crippen molar-refractivity contribution in [3.8, 4) is 17.1 Å². The maximum absolute atomic E-state index is 5.84. The fraction of sp³-hybridized carbons (Fsp3) is 0.364. The molecule has 25 heavy (non-hydrogen) atoms. The molecule has 3 rings (SSSR count). The molecule has 0 bridgehead atoms. The van der Waals surface area contributed by atoms with Crippen LogP contribution < -0.4 is 4.74 Å². The van der Waals surface area contributed by atoms with E-state index in [2.05, 4.69) is 54.1 Å². The van der Waals surface area contributed by atoms with E-state index in [4.69, 9.17) is 4.74 Å². The Hall–Kier alpha value is -2.42. The van der Waals surface area contributed by atoms with Crippen molar-refractivity contribution in [2.24, 2.45) is 0 Å². The van der Waals surface area contributed by atoms with Crippen LogP contribution in [0, 0.1) is 0 Å². The highest BCUT2D eigenvalue weighted by Crippen LogP contribution is 2.25. The summed E-state index contributed by atoms with van der Waals surface area (Å²) >= 11 is 0. The molecule has 3 aromatic rings. The van der Waals surface area contributed by atoms with Gasteiger partial charge in [0, 0.05) is 18.0 Å². The second-order valence-electron chi connectivity index (χ2n) is 6.44. The molecule has 0 amide bonds. The third-order valence-electron chi connectivity index (χ3n) is 4.33. The van der Waals surface area contributed by atoms with E-state index in [-0.39, 0.29) is 0 Å². The quantitative estimate of drug-likeness (QED) is 0.487.